The van der Waals surface area contributed by atoms with Gasteiger partial charge in [0.05, 0.1) is 11.9 Å². The van der Waals surface area contributed by atoms with E-state index in [1.54, 1.807) is 85.1 Å². The van der Waals surface area contributed by atoms with Crippen LogP contribution in [-0.2, 0) is 86.0 Å². The maximum absolute atomic E-state index is 8.21. The second-order valence-corrected chi connectivity index (χ2v) is 61.8. The minimum Gasteiger partial charge on any atom is -0.458 e. The van der Waals surface area contributed by atoms with E-state index < -0.39 is 203 Å². The van der Waals surface area contributed by atoms with Crippen LogP contribution in [0, 0.1) is 0 Å². The predicted molar refractivity (Wildman–Crippen MR) is 507 cm³/mol. The van der Waals surface area contributed by atoms with E-state index in [0.717, 1.165) is 34.6 Å². The molecule has 2 heterocycles. The summed E-state index contributed by atoms with van der Waals surface area (Å²) in [6, 6.07) is 1.17. The van der Waals surface area contributed by atoms with E-state index >= 15 is 0 Å². The Morgan fingerprint density at radius 3 is 0.895 bits per heavy atom. The van der Waals surface area contributed by atoms with Crippen LogP contribution >= 0.6 is 0 Å². The molecular formula is C43H186O26Si26. The summed E-state index contributed by atoms with van der Waals surface area (Å²) in [5, 5.41) is 0. The lowest BCUT2D eigenvalue weighted by Gasteiger charge is -2.35. The van der Waals surface area contributed by atoms with Crippen LogP contribution in [0.1, 0.15) is 78.6 Å². The molecule has 52 heteroatoms. The molecule has 0 saturated carbocycles. The lowest BCUT2D eigenvalue weighted by Crippen LogP contribution is -2.53. The van der Waals surface area contributed by atoms with Crippen molar-refractivity contribution < 1.29 is 136 Å². The van der Waals surface area contributed by atoms with Crippen LogP contribution in [0.5, 0.6) is 0 Å². The smallest absolute Gasteiger partial charge is 0.458 e. The van der Waals surface area contributed by atoms with Crippen LogP contribution in [0.4, 0.5) is 0 Å². The molecule has 2 saturated heterocycles. The third-order valence-corrected chi connectivity index (χ3v) is 45.0. The van der Waals surface area contributed by atoms with Gasteiger partial charge in [-0.1, -0.05) is 46.5 Å². The first-order valence-corrected chi connectivity index (χ1v) is 69.4. The average Bonchev–Trinajstić information content (AvgIpc) is 0.812. The first-order chi connectivity index (χ1) is 45.4. The van der Waals surface area contributed by atoms with Crippen LogP contribution < -0.4 is 0 Å². The zero-order valence-electron chi connectivity index (χ0n) is 82.4. The molecule has 2 atom stereocenters. The van der Waals surface area contributed by atoms with Gasteiger partial charge in [-0.3, -0.25) is 0 Å². The molecule has 2 rings (SSSR count). The fourth-order valence-corrected chi connectivity index (χ4v) is 47.7. The topological polar surface area (TPSA) is 374 Å². The van der Waals surface area contributed by atoms with E-state index in [1.165, 1.54) is 33.0 Å². The normalized spacial score (nSPS) is 31.6. The Kier molecular flexibility index (Phi) is 84.8. The van der Waals surface area contributed by atoms with Crippen LogP contribution in [-0.4, -0.2) is 338 Å². The largest absolute Gasteiger partial charge is 0.635 e. The molecule has 0 amide bonds. The molecule has 12 N–H and O–H groups in total. The summed E-state index contributed by atoms with van der Waals surface area (Å²) in [4.78, 5) is 0. The summed E-state index contributed by atoms with van der Waals surface area (Å²) in [5.41, 5.74) is 0. The fourth-order valence-electron chi connectivity index (χ4n) is 5.85. The van der Waals surface area contributed by atoms with Gasteiger partial charge in [0, 0.05) is 53.8 Å². The van der Waals surface area contributed by atoms with Crippen molar-refractivity contribution in [2.45, 2.75) is 282 Å². The van der Waals surface area contributed by atoms with E-state index in [-0.39, 0.29) is 96.2 Å². The van der Waals surface area contributed by atoms with Crippen molar-refractivity contribution in [2.75, 3.05) is 0 Å². The maximum Gasteiger partial charge on any atom is 0.635 e. The van der Waals surface area contributed by atoms with E-state index in [0.29, 0.717) is 42.0 Å². The van der Waals surface area contributed by atoms with Crippen molar-refractivity contribution >= 4 is 250 Å². The summed E-state index contributed by atoms with van der Waals surface area (Å²) in [6.07, 6.45) is -11.4. The molecule has 95 heavy (non-hydrogen) atoms. The van der Waals surface area contributed by atoms with Gasteiger partial charge in [0.25, 0.3) is 9.22 Å². The Bertz CT molecular complexity index is 2070. The summed E-state index contributed by atoms with van der Waals surface area (Å²) in [7, 11) is -44.3. The third-order valence-electron chi connectivity index (χ3n) is 7.27. The minimum atomic E-state index is -3.38. The van der Waals surface area contributed by atoms with Gasteiger partial charge in [0.15, 0.2) is 111 Å². The SMILES string of the molecule is CCC.C[SiH2]C.C[SiH2]C.O.O.O.O.O.O.[3HH].[3HH].[3HH].[3HH].[3HH].[3HH].[3H]C1(C)OC([3H])(C)OC([3H])(C)OC([3H])(C)OC([3H])(C)O1.[3H]C1(C)O[Si]([3H])(C)O[Si]([3H])(C)O[Si]([3H])(C)O1.[3H][SiH2]O[Si](CC[Si](C)(C)O[Si]([3H])(C)C)(O[Si]([3H])(C)C)O[Si]([3H])(C)C.[3H][SiH2]O[Si](O[SiH2][3H])(O[SiH](C)C)O[Si]([3H])(C)C.[3H][SiH3].[3H][Si](C)(C)O[Si](C)(O[Si]([3H])(C)C)O[Si]([3H])(C)C.[SiH4].[SiH4].[SiH4].[SiH4].[SiH4]. The van der Waals surface area contributed by atoms with Crippen LogP contribution in [0.3, 0.4) is 0 Å². The number of rotatable bonds is 25. The van der Waals surface area contributed by atoms with E-state index in [9.17, 15) is 0 Å². The first kappa shape index (κ1) is 93.8. The molecular weight excluding hydrogens is 1660 g/mol. The molecule has 2 aliphatic heterocycles. The minimum absolute atomic E-state index is 0. The fraction of sp³-hybridized carbons (Fsp3) is 1.00. The lowest BCUT2D eigenvalue weighted by molar-refractivity contribution is -0.367. The van der Waals surface area contributed by atoms with E-state index in [1.807, 2.05) is 26.2 Å². The van der Waals surface area contributed by atoms with Crippen molar-refractivity contribution in [1.82, 2.24) is 0 Å². The Morgan fingerprint density at radius 1 is 0.442 bits per heavy atom. The Labute approximate surface area is 681 Å². The highest BCUT2D eigenvalue weighted by atomic mass is 28.5. The van der Waals surface area contributed by atoms with Gasteiger partial charge in [-0.2, -0.15) is 0 Å². The summed E-state index contributed by atoms with van der Waals surface area (Å²) < 4.78 is 262. The van der Waals surface area contributed by atoms with Gasteiger partial charge in [-0.05, 0) is 251 Å². The van der Waals surface area contributed by atoms with Gasteiger partial charge in [0.1, 0.15) is 37.5 Å². The van der Waals surface area contributed by atoms with Crippen molar-refractivity contribution in [2.24, 2.45) is 0 Å². The van der Waals surface area contributed by atoms with Gasteiger partial charge < -0.3 is 119 Å². The molecule has 2 aliphatic rings. The third kappa shape index (κ3) is 98.6. The number of ether oxygens (including phenoxy) is 5. The molecule has 0 aromatic rings. The summed E-state index contributed by atoms with van der Waals surface area (Å²) in [5.74, 6) is 0. The summed E-state index contributed by atoms with van der Waals surface area (Å²) >= 11 is 0. The molecule has 0 radical (unpaired) electrons. The monoisotopic (exact) mass is 1900 g/mol. The number of hydrogen-bond acceptors (Lipinski definition) is 20. The molecule has 0 spiro atoms. The molecule has 0 aromatic carbocycles. The first-order valence-electron chi connectivity index (χ1n) is 39.2. The maximum atomic E-state index is 8.21. The Morgan fingerprint density at radius 2 is 0.684 bits per heavy atom. The number of hydrogen-bond donors (Lipinski definition) is 0. The van der Waals surface area contributed by atoms with Crippen LogP contribution in [0.15, 0.2) is 0 Å². The van der Waals surface area contributed by atoms with E-state index in [4.69, 9.17) is 112 Å². The lowest BCUT2D eigenvalue weighted by atomic mass is 10.6. The van der Waals surface area contributed by atoms with Gasteiger partial charge >= 0.3 is 45.1 Å². The van der Waals surface area contributed by atoms with Crippen molar-refractivity contribution in [3.8, 4) is 0 Å². The average molecular weight is 1900 g/mol. The van der Waals surface area contributed by atoms with Gasteiger partial charge in [-0.15, -0.1) is 0 Å². The highest BCUT2D eigenvalue weighted by molar-refractivity contribution is 6.82. The van der Waals surface area contributed by atoms with E-state index in [2.05, 4.69) is 53.1 Å². The Balaban J connectivity index is -0.0000000416. The standard InChI is InChI=1S/C10H20O5.C10H34O4Si6.C7H24O3Si4.C5H16O4Si3.C4H20O4Si5.C3H8.2C2H8Si.6H2O.6H4Si.6H2/c1-6-11-7(2)13-9(4)15-10(5)14-8(3)12-6;1-16(2)12-19(7,8)9-10-20(11-15,13-17(3)4)14-18(5)6;1-11(2)8-14(7,9-12(3)4)10-13(5)6;1-5-6-10(2)8-12(4)9-11(3)7-5;1-11(2)7-13(5-9,6-10)8-12(3)4;3*1-3-2;;;;;;;;;;;;;;;;;;/h6-10H,1-5H3;16-18H,9-10H2,1-8,15H3;11-13H,1-7H3;5,10-12H,1-4H3;11-12H,1-4,9-10H3;3*3H2,1-2H3;6*1H2;6*1H4;6*1H/i6T,7T,8T,9T,10T;15T,16T,17T,18T;11T,12T,13T;5T,10T,11T,12T;9T,10T,11T;;;;;;;;;;1T;;;;;;6*1+2. The summed E-state index contributed by atoms with van der Waals surface area (Å²) in [6.45, 7) is 58.9. The van der Waals surface area contributed by atoms with Gasteiger partial charge in [0.2, 0.25) is 0 Å². The molecule has 0 aromatic heterocycles. The molecule has 618 valence electrons. The highest BCUT2D eigenvalue weighted by Gasteiger charge is 2.44. The quantitative estimate of drug-likeness (QED) is 0.0766. The zero-order valence-corrected chi connectivity index (χ0v) is 86.6. The van der Waals surface area contributed by atoms with Gasteiger partial charge in [-0.25, -0.2) is 0 Å². The van der Waals surface area contributed by atoms with Crippen molar-refractivity contribution in [3.63, 3.8) is 0 Å². The van der Waals surface area contributed by atoms with Crippen LogP contribution in [0.25, 0.3) is 0 Å². The molecule has 2 fully saturated rings. The van der Waals surface area contributed by atoms with Crippen molar-refractivity contribution in [1.29, 1.82) is 17.3 Å². The second kappa shape index (κ2) is 85.8. The predicted octanol–water partition coefficient (Wildman–Crippen LogP) is -7.49. The Hall–Kier alpha value is 4.60. The molecule has 26 nitrogen and oxygen atoms in total. The zero-order chi connectivity index (χ0) is 85.4. The molecule has 2 unspecified atom stereocenters. The van der Waals surface area contributed by atoms with Crippen LogP contribution in [0.2, 0.25) is 182 Å². The van der Waals surface area contributed by atoms with Crippen molar-refractivity contribution in [3.05, 3.63) is 0 Å². The molecule has 0 bridgehead atoms. The second-order valence-electron chi connectivity index (χ2n) is 20.4. The molecule has 0 aliphatic carbocycles. The highest BCUT2D eigenvalue weighted by Crippen LogP contribution is 2.26.